The minimum Gasteiger partial charge on any atom is -0.543 e. The molecule has 0 radical (unpaired) electrons. The van der Waals surface area contributed by atoms with Crippen LogP contribution in [0.2, 0.25) is 36.3 Å². The van der Waals surface area contributed by atoms with Gasteiger partial charge in [-0.15, -0.1) is 0 Å². The molecular weight excluding hydrogens is 469 g/mol. The fourth-order valence-corrected chi connectivity index (χ4v) is 5.34. The molecule has 0 heterocycles. The van der Waals surface area contributed by atoms with E-state index >= 15 is 4.39 Å². The van der Waals surface area contributed by atoms with Gasteiger partial charge < -0.3 is 8.85 Å². The molecule has 3 aromatic carbocycles. The molecule has 0 aliphatic carbocycles. The van der Waals surface area contributed by atoms with Gasteiger partial charge in [0.05, 0.1) is 11.6 Å². The van der Waals surface area contributed by atoms with Crippen LogP contribution in [0.1, 0.15) is 47.1 Å². The first-order chi connectivity index (χ1) is 15.9. The normalized spacial score (nSPS) is 13.0. The molecule has 0 amide bonds. The maximum atomic E-state index is 15.1. The Balaban J connectivity index is 1.98. The number of nitrogens with zero attached hydrogens (tertiary/aromatic N) is 1. The number of hydrogen-bond donors (Lipinski definition) is 0. The van der Waals surface area contributed by atoms with Crippen molar-refractivity contribution >= 4 is 27.4 Å². The lowest BCUT2D eigenvalue weighted by molar-refractivity contribution is 0.457. The van der Waals surface area contributed by atoms with E-state index in [0.717, 1.165) is 27.6 Å². The van der Waals surface area contributed by atoms with Crippen molar-refractivity contribution in [1.82, 2.24) is 0 Å². The van der Waals surface area contributed by atoms with Crippen molar-refractivity contribution < 1.29 is 13.2 Å². The van der Waals surface area contributed by atoms with Crippen LogP contribution in [0.4, 0.5) is 4.39 Å². The van der Waals surface area contributed by atoms with Crippen LogP contribution in [0.15, 0.2) is 48.5 Å². The Labute approximate surface area is 212 Å². The zero-order valence-electron chi connectivity index (χ0n) is 22.8. The number of fused-ring (bicyclic) bond motifs is 1. The molecule has 0 N–H and O–H groups in total. The second-order valence-electron chi connectivity index (χ2n) is 12.4. The van der Waals surface area contributed by atoms with Crippen LogP contribution in [-0.4, -0.2) is 16.6 Å². The van der Waals surface area contributed by atoms with Gasteiger partial charge in [-0.05, 0) is 83.1 Å². The average Bonchev–Trinajstić information content (AvgIpc) is 2.72. The Morgan fingerprint density at radius 1 is 0.743 bits per heavy atom. The number of benzene rings is 3. The second kappa shape index (κ2) is 9.11. The summed E-state index contributed by atoms with van der Waals surface area (Å²) in [6.07, 6.45) is 0. The van der Waals surface area contributed by atoms with Crippen molar-refractivity contribution in [3.05, 3.63) is 59.9 Å². The summed E-state index contributed by atoms with van der Waals surface area (Å²) in [6.45, 7) is 21.6. The van der Waals surface area contributed by atoms with Gasteiger partial charge in [0.15, 0.2) is 5.82 Å². The molecule has 0 unspecified atom stereocenters. The lowest BCUT2D eigenvalue weighted by Crippen LogP contribution is -2.44. The van der Waals surface area contributed by atoms with Gasteiger partial charge in [-0.3, -0.25) is 0 Å². The molecule has 0 fully saturated rings. The minimum atomic E-state index is -2.14. The first-order valence-electron chi connectivity index (χ1n) is 12.1. The Kier molecular flexibility index (Phi) is 7.02. The average molecular weight is 508 g/mol. The highest BCUT2D eigenvalue weighted by Gasteiger charge is 2.40. The summed E-state index contributed by atoms with van der Waals surface area (Å²) in [5.74, 6) is 0.656. The zero-order chi connectivity index (χ0) is 26.4. The highest BCUT2D eigenvalue weighted by Crippen LogP contribution is 2.40. The lowest BCUT2D eigenvalue weighted by atomic mass is 9.98. The molecule has 3 nitrogen and oxygen atoms in total. The van der Waals surface area contributed by atoms with Crippen LogP contribution in [0.25, 0.3) is 21.9 Å². The minimum absolute atomic E-state index is 0.0166. The molecule has 0 bridgehead atoms. The van der Waals surface area contributed by atoms with Crippen LogP contribution in [0.3, 0.4) is 0 Å². The molecule has 0 saturated heterocycles. The lowest BCUT2D eigenvalue weighted by Gasteiger charge is -2.36. The van der Waals surface area contributed by atoms with E-state index in [1.54, 1.807) is 6.07 Å². The quantitative estimate of drug-likeness (QED) is 0.323. The molecule has 0 aliphatic heterocycles. The van der Waals surface area contributed by atoms with Crippen molar-refractivity contribution in [3.63, 3.8) is 0 Å². The van der Waals surface area contributed by atoms with Gasteiger partial charge >= 0.3 is 0 Å². The second-order valence-corrected chi connectivity index (χ2v) is 21.8. The van der Waals surface area contributed by atoms with Gasteiger partial charge in [0, 0.05) is 5.39 Å². The number of halogens is 1. The summed E-state index contributed by atoms with van der Waals surface area (Å²) in [6, 6.07) is 17.1. The van der Waals surface area contributed by atoms with E-state index in [2.05, 4.69) is 73.8 Å². The van der Waals surface area contributed by atoms with E-state index in [1.165, 1.54) is 6.07 Å². The van der Waals surface area contributed by atoms with Crippen molar-refractivity contribution in [2.45, 2.75) is 77.8 Å². The summed E-state index contributed by atoms with van der Waals surface area (Å²) >= 11 is 0. The van der Waals surface area contributed by atoms with Gasteiger partial charge in [-0.1, -0.05) is 59.7 Å². The van der Waals surface area contributed by atoms with Crippen molar-refractivity contribution in [1.29, 1.82) is 5.26 Å². The van der Waals surface area contributed by atoms with Crippen molar-refractivity contribution in [2.24, 2.45) is 0 Å². The van der Waals surface area contributed by atoms with Crippen molar-refractivity contribution in [2.75, 3.05) is 0 Å². The molecule has 3 rings (SSSR count). The van der Waals surface area contributed by atoms with Gasteiger partial charge in [-0.25, -0.2) is 4.39 Å². The van der Waals surface area contributed by atoms with Gasteiger partial charge in [0.1, 0.15) is 11.5 Å². The van der Waals surface area contributed by atoms with E-state index in [9.17, 15) is 5.26 Å². The van der Waals surface area contributed by atoms with E-state index in [1.807, 2.05) is 36.4 Å². The third-order valence-electron chi connectivity index (χ3n) is 7.66. The predicted molar refractivity (Wildman–Crippen MR) is 150 cm³/mol. The molecule has 0 spiro atoms. The van der Waals surface area contributed by atoms with E-state index in [0.29, 0.717) is 11.3 Å². The molecule has 186 valence electrons. The molecule has 0 atom stereocenters. The van der Waals surface area contributed by atoms with Gasteiger partial charge in [0.2, 0.25) is 8.32 Å². The Morgan fingerprint density at radius 2 is 1.29 bits per heavy atom. The molecular formula is C29H38FNO2Si2. The Morgan fingerprint density at radius 3 is 1.83 bits per heavy atom. The fraction of sp³-hybridized carbons (Fsp3) is 0.414. The maximum Gasteiger partial charge on any atom is 0.250 e. The highest BCUT2D eigenvalue weighted by molar-refractivity contribution is 6.75. The van der Waals surface area contributed by atoms with Crippen LogP contribution in [0, 0.1) is 17.1 Å². The predicted octanol–water partition coefficient (Wildman–Crippen LogP) is 9.29. The van der Waals surface area contributed by atoms with Gasteiger partial charge in [-0.2, -0.15) is 5.26 Å². The van der Waals surface area contributed by atoms with Crippen LogP contribution in [0.5, 0.6) is 11.5 Å². The van der Waals surface area contributed by atoms with Crippen LogP contribution in [-0.2, 0) is 0 Å². The molecule has 0 aliphatic rings. The van der Waals surface area contributed by atoms with Crippen LogP contribution < -0.4 is 8.85 Å². The zero-order valence-corrected chi connectivity index (χ0v) is 24.8. The third-order valence-corrected chi connectivity index (χ3v) is 16.4. The highest BCUT2D eigenvalue weighted by atomic mass is 28.4. The summed E-state index contributed by atoms with van der Waals surface area (Å²) in [4.78, 5) is 0. The largest absolute Gasteiger partial charge is 0.543 e. The summed E-state index contributed by atoms with van der Waals surface area (Å²) in [5.41, 5.74) is 2.15. The van der Waals surface area contributed by atoms with Crippen LogP contribution >= 0.6 is 0 Å². The molecule has 6 heteroatoms. The molecule has 3 aromatic rings. The van der Waals surface area contributed by atoms with E-state index in [4.69, 9.17) is 8.85 Å². The molecule has 0 aromatic heterocycles. The first-order valence-corrected chi connectivity index (χ1v) is 17.9. The Bertz CT molecular complexity index is 1290. The monoisotopic (exact) mass is 507 g/mol. The third kappa shape index (κ3) is 5.62. The number of rotatable bonds is 5. The SMILES string of the molecule is CC(C)(C)[Si](C)(C)Oc1cc(C#N)c2cc(-c3ccc(O[Si](C)(C)C(C)(C)C)c(F)c3)ccc2c1. The Hall–Kier alpha value is -2.63. The van der Waals surface area contributed by atoms with E-state index in [-0.39, 0.29) is 15.9 Å². The molecule has 0 saturated carbocycles. The fourth-order valence-electron chi connectivity index (χ4n) is 3.30. The smallest absolute Gasteiger partial charge is 0.250 e. The first kappa shape index (κ1) is 27.0. The summed E-state index contributed by atoms with van der Waals surface area (Å²) in [5, 5.41) is 11.7. The summed E-state index contributed by atoms with van der Waals surface area (Å²) in [7, 11) is -4.18. The topological polar surface area (TPSA) is 42.2 Å². The van der Waals surface area contributed by atoms with Crippen molar-refractivity contribution in [3.8, 4) is 28.7 Å². The number of nitriles is 1. The number of hydrogen-bond acceptors (Lipinski definition) is 3. The van der Waals surface area contributed by atoms with Gasteiger partial charge in [0.25, 0.3) is 8.32 Å². The summed E-state index contributed by atoms with van der Waals surface area (Å²) < 4.78 is 27.7. The standard InChI is InChI=1S/C29H38FNO2Si2/c1-28(2,3)34(7,8)32-24-15-22-12-11-20(17-25(22)23(16-24)19-31)21-13-14-27(26(30)18-21)33-35(9,10)29(4,5)6/h11-18H,1-10H3. The van der Waals surface area contributed by atoms with E-state index < -0.39 is 16.6 Å². The maximum absolute atomic E-state index is 15.1. The molecule has 35 heavy (non-hydrogen) atoms.